The van der Waals surface area contributed by atoms with Gasteiger partial charge in [-0.2, -0.15) is 13.2 Å². The van der Waals surface area contributed by atoms with Crippen molar-refractivity contribution in [2.45, 2.75) is 13.1 Å². The summed E-state index contributed by atoms with van der Waals surface area (Å²) in [4.78, 5) is 21.4. The second-order valence-corrected chi connectivity index (χ2v) is 7.10. The number of ether oxygens (including phenoxy) is 1. The molecule has 0 saturated heterocycles. The Balaban J connectivity index is 1.68. The molecule has 0 N–H and O–H groups in total. The van der Waals surface area contributed by atoms with Crippen LogP contribution in [0.4, 0.5) is 13.2 Å². The van der Waals surface area contributed by atoms with Crippen molar-refractivity contribution in [1.82, 2.24) is 24.3 Å². The Kier molecular flexibility index (Phi) is 5.29. The zero-order valence-electron chi connectivity index (χ0n) is 17.4. The molecule has 0 aliphatic rings. The van der Waals surface area contributed by atoms with E-state index in [4.69, 9.17) is 4.74 Å². The molecular weight excluding hydrogens is 423 g/mol. The summed E-state index contributed by atoms with van der Waals surface area (Å²) in [5.41, 5.74) is 1.21. The molecule has 0 atom stereocenters. The van der Waals surface area contributed by atoms with Gasteiger partial charge in [0.2, 0.25) is 11.6 Å². The number of hydrogen-bond donors (Lipinski definition) is 0. The van der Waals surface area contributed by atoms with E-state index in [0.29, 0.717) is 11.4 Å². The average molecular weight is 441 g/mol. The van der Waals surface area contributed by atoms with Crippen molar-refractivity contribution in [2.75, 3.05) is 7.11 Å². The minimum Gasteiger partial charge on any atom is -0.495 e. The second kappa shape index (κ2) is 7.95. The second-order valence-electron chi connectivity index (χ2n) is 7.10. The minimum absolute atomic E-state index is 0.131. The molecule has 0 aliphatic heterocycles. The molecule has 0 unspecified atom stereocenters. The highest BCUT2D eigenvalue weighted by molar-refractivity contribution is 6.07. The van der Waals surface area contributed by atoms with Crippen molar-refractivity contribution in [3.05, 3.63) is 77.6 Å². The van der Waals surface area contributed by atoms with Crippen molar-refractivity contribution < 1.29 is 22.7 Å². The number of nitrogens with zero attached hydrogens (tertiary/aromatic N) is 5. The molecule has 0 spiro atoms. The van der Waals surface area contributed by atoms with Crippen LogP contribution in [0.15, 0.2) is 55.0 Å². The summed E-state index contributed by atoms with van der Waals surface area (Å²) >= 11 is 0. The van der Waals surface area contributed by atoms with E-state index in [2.05, 4.69) is 15.1 Å². The molecule has 164 valence electrons. The number of carbonyl (C=O) groups is 1. The van der Waals surface area contributed by atoms with Gasteiger partial charge in [0, 0.05) is 24.4 Å². The number of halogens is 3. The Hall–Kier alpha value is -3.95. The van der Waals surface area contributed by atoms with E-state index in [1.54, 1.807) is 29.1 Å². The number of aromatic nitrogens is 5. The monoisotopic (exact) mass is 441 g/mol. The molecule has 2 aromatic heterocycles. The van der Waals surface area contributed by atoms with E-state index < -0.39 is 17.5 Å². The molecule has 0 fully saturated rings. The van der Waals surface area contributed by atoms with Crippen LogP contribution < -0.4 is 4.74 Å². The predicted octanol–water partition coefficient (Wildman–Crippen LogP) is 4.23. The number of benzene rings is 2. The third-order valence-corrected chi connectivity index (χ3v) is 4.85. The Morgan fingerprint density at radius 2 is 1.91 bits per heavy atom. The van der Waals surface area contributed by atoms with Gasteiger partial charge in [-0.15, -0.1) is 5.10 Å². The van der Waals surface area contributed by atoms with Crippen LogP contribution in [0.25, 0.3) is 17.1 Å². The molecule has 10 heteroatoms. The predicted molar refractivity (Wildman–Crippen MR) is 110 cm³/mol. The zero-order chi connectivity index (χ0) is 23.0. The summed E-state index contributed by atoms with van der Waals surface area (Å²) in [7, 11) is 3.01. The van der Waals surface area contributed by atoms with Gasteiger partial charge < -0.3 is 9.30 Å². The first-order valence-corrected chi connectivity index (χ1v) is 9.49. The van der Waals surface area contributed by atoms with Crippen LogP contribution in [0.3, 0.4) is 0 Å². The molecule has 0 amide bonds. The van der Waals surface area contributed by atoms with Gasteiger partial charge in [-0.05, 0) is 37.3 Å². The number of ketones is 1. The van der Waals surface area contributed by atoms with Crippen LogP contribution in [-0.2, 0) is 13.2 Å². The van der Waals surface area contributed by atoms with Crippen LogP contribution >= 0.6 is 0 Å². The first-order chi connectivity index (χ1) is 15.2. The van der Waals surface area contributed by atoms with Gasteiger partial charge in [0.15, 0.2) is 5.82 Å². The van der Waals surface area contributed by atoms with Crippen LogP contribution in [0.2, 0.25) is 0 Å². The lowest BCUT2D eigenvalue weighted by Gasteiger charge is -2.10. The number of rotatable bonds is 5. The van der Waals surface area contributed by atoms with Gasteiger partial charge >= 0.3 is 6.18 Å². The van der Waals surface area contributed by atoms with Crippen molar-refractivity contribution >= 4 is 5.78 Å². The lowest BCUT2D eigenvalue weighted by Crippen LogP contribution is -2.06. The molecule has 0 radical (unpaired) electrons. The van der Waals surface area contributed by atoms with Gasteiger partial charge in [-0.25, -0.2) is 14.6 Å². The third-order valence-electron chi connectivity index (χ3n) is 4.85. The molecule has 4 aromatic rings. The van der Waals surface area contributed by atoms with E-state index >= 15 is 0 Å². The standard InChI is InChI=1S/C22H18F3N5O2/c1-13-11-30(12-26-13)17-8-7-14(10-18(17)32-3)19(31)20-27-21(29(2)28-20)15-5-4-6-16(9-15)22(23,24)25/h4-12H,1-3H3. The first kappa shape index (κ1) is 21.3. The normalized spacial score (nSPS) is 11.6. The van der Waals surface area contributed by atoms with Crippen LogP contribution in [0, 0.1) is 6.92 Å². The number of aryl methyl sites for hydroxylation is 2. The smallest absolute Gasteiger partial charge is 0.416 e. The largest absolute Gasteiger partial charge is 0.495 e. The SMILES string of the molecule is COc1cc(C(=O)c2nc(-c3cccc(C(F)(F)F)c3)n(C)n2)ccc1-n1cnc(C)c1. The maximum Gasteiger partial charge on any atom is 0.416 e. The van der Waals surface area contributed by atoms with Crippen LogP contribution in [-0.4, -0.2) is 37.2 Å². The number of imidazole rings is 1. The number of carbonyl (C=O) groups excluding carboxylic acids is 1. The average Bonchev–Trinajstić information content (AvgIpc) is 3.38. The summed E-state index contributed by atoms with van der Waals surface area (Å²) in [6.07, 6.45) is -1.03. The molecule has 2 heterocycles. The van der Waals surface area contributed by atoms with Crippen molar-refractivity contribution in [3.63, 3.8) is 0 Å². The highest BCUT2D eigenvalue weighted by Crippen LogP contribution is 2.32. The fraction of sp³-hybridized carbons (Fsp3) is 0.182. The Labute approximate surface area is 181 Å². The van der Waals surface area contributed by atoms with Crippen LogP contribution in [0.1, 0.15) is 27.4 Å². The molecule has 2 aromatic carbocycles. The summed E-state index contributed by atoms with van der Waals surface area (Å²) in [5.74, 6) is -0.0158. The molecule has 0 saturated carbocycles. The van der Waals surface area contributed by atoms with E-state index in [1.165, 1.54) is 31.0 Å². The maximum atomic E-state index is 13.1. The van der Waals surface area contributed by atoms with E-state index in [0.717, 1.165) is 17.8 Å². The maximum absolute atomic E-state index is 13.1. The quantitative estimate of drug-likeness (QED) is 0.433. The third kappa shape index (κ3) is 3.98. The van der Waals surface area contributed by atoms with Gasteiger partial charge in [0.05, 0.1) is 30.4 Å². The Bertz CT molecular complexity index is 1310. The van der Waals surface area contributed by atoms with Gasteiger partial charge in [0.1, 0.15) is 5.75 Å². The fourth-order valence-electron chi connectivity index (χ4n) is 3.28. The molecule has 0 bridgehead atoms. The molecule has 4 rings (SSSR count). The van der Waals surface area contributed by atoms with Crippen molar-refractivity contribution in [3.8, 4) is 22.8 Å². The summed E-state index contributed by atoms with van der Waals surface area (Å²) < 4.78 is 47.6. The number of methoxy groups -OCH3 is 1. The Morgan fingerprint density at radius 1 is 1.12 bits per heavy atom. The van der Waals surface area contributed by atoms with Gasteiger partial charge in [-0.3, -0.25) is 4.79 Å². The van der Waals surface area contributed by atoms with Gasteiger partial charge in [0.25, 0.3) is 0 Å². The minimum atomic E-state index is -4.49. The first-order valence-electron chi connectivity index (χ1n) is 9.49. The topological polar surface area (TPSA) is 74.8 Å². The lowest BCUT2D eigenvalue weighted by molar-refractivity contribution is -0.137. The highest BCUT2D eigenvalue weighted by atomic mass is 19.4. The van der Waals surface area contributed by atoms with Crippen LogP contribution in [0.5, 0.6) is 5.75 Å². The van der Waals surface area contributed by atoms with Gasteiger partial charge in [-0.1, -0.05) is 12.1 Å². The number of alkyl halides is 3. The number of hydrogen-bond acceptors (Lipinski definition) is 5. The fourth-order valence-corrected chi connectivity index (χ4v) is 3.28. The highest BCUT2D eigenvalue weighted by Gasteiger charge is 2.31. The molecular formula is C22H18F3N5O2. The van der Waals surface area contributed by atoms with E-state index in [-0.39, 0.29) is 22.8 Å². The van der Waals surface area contributed by atoms with Crippen molar-refractivity contribution in [1.29, 1.82) is 0 Å². The molecule has 32 heavy (non-hydrogen) atoms. The van der Waals surface area contributed by atoms with E-state index in [9.17, 15) is 18.0 Å². The summed E-state index contributed by atoms with van der Waals surface area (Å²) in [5, 5.41) is 4.11. The summed E-state index contributed by atoms with van der Waals surface area (Å²) in [6.45, 7) is 1.86. The molecule has 0 aliphatic carbocycles. The molecule has 7 nitrogen and oxygen atoms in total. The van der Waals surface area contributed by atoms with E-state index in [1.807, 2.05) is 13.1 Å². The zero-order valence-corrected chi connectivity index (χ0v) is 17.4. The summed E-state index contributed by atoms with van der Waals surface area (Å²) in [6, 6.07) is 9.60. The van der Waals surface area contributed by atoms with Crippen molar-refractivity contribution in [2.24, 2.45) is 7.05 Å². The Morgan fingerprint density at radius 3 is 2.56 bits per heavy atom. The lowest BCUT2D eigenvalue weighted by atomic mass is 10.1.